The molecule has 3 heteroatoms. The van der Waals surface area contributed by atoms with Crippen molar-refractivity contribution < 1.29 is 14.3 Å². The van der Waals surface area contributed by atoms with Gasteiger partial charge in [0.15, 0.2) is 0 Å². The van der Waals surface area contributed by atoms with Gasteiger partial charge in [-0.3, -0.25) is 9.59 Å². The van der Waals surface area contributed by atoms with E-state index in [4.69, 9.17) is 4.74 Å². The third-order valence-electron chi connectivity index (χ3n) is 4.95. The molecule has 0 aliphatic carbocycles. The summed E-state index contributed by atoms with van der Waals surface area (Å²) in [6, 6.07) is 10.1. The van der Waals surface area contributed by atoms with E-state index in [0.717, 1.165) is 12.0 Å². The number of benzene rings is 1. The third-order valence-corrected chi connectivity index (χ3v) is 4.95. The van der Waals surface area contributed by atoms with Crippen LogP contribution in [0, 0.1) is 16.2 Å². The molecule has 0 radical (unpaired) electrons. The van der Waals surface area contributed by atoms with E-state index in [1.807, 2.05) is 39.0 Å². The van der Waals surface area contributed by atoms with Gasteiger partial charge in [-0.25, -0.2) is 0 Å². The summed E-state index contributed by atoms with van der Waals surface area (Å²) in [6.07, 6.45) is 0.974. The fourth-order valence-electron chi connectivity index (χ4n) is 3.76. The molecule has 0 amide bonds. The summed E-state index contributed by atoms with van der Waals surface area (Å²) >= 11 is 0. The summed E-state index contributed by atoms with van der Waals surface area (Å²) in [6.45, 7) is 12.6. The smallest absolute Gasteiger partial charge is 0.321 e. The summed E-state index contributed by atoms with van der Waals surface area (Å²) < 4.78 is 5.04. The number of esters is 2. The first-order valence-corrected chi connectivity index (χ1v) is 8.27. The molecule has 1 aromatic carbocycles. The van der Waals surface area contributed by atoms with Crippen molar-refractivity contribution in [3.8, 4) is 0 Å². The van der Waals surface area contributed by atoms with E-state index in [1.54, 1.807) is 0 Å². The molecule has 1 aromatic rings. The number of carbonyl (C=O) groups excluding carboxylic acids is 2. The third kappa shape index (κ3) is 3.34. The largest absolute Gasteiger partial charge is 0.393 e. The van der Waals surface area contributed by atoms with Crippen molar-refractivity contribution in [1.29, 1.82) is 0 Å². The molecule has 0 saturated carbocycles. The quantitative estimate of drug-likeness (QED) is 0.599. The summed E-state index contributed by atoms with van der Waals surface area (Å²) in [4.78, 5) is 24.8. The molecular weight excluding hydrogens is 288 g/mol. The lowest BCUT2D eigenvalue weighted by Crippen LogP contribution is -2.46. The molecule has 2 atom stereocenters. The van der Waals surface area contributed by atoms with Gasteiger partial charge in [0.2, 0.25) is 0 Å². The zero-order valence-electron chi connectivity index (χ0n) is 15.1. The maximum Gasteiger partial charge on any atom is 0.321 e. The van der Waals surface area contributed by atoms with Crippen LogP contribution < -0.4 is 0 Å². The minimum absolute atomic E-state index is 0.0324. The molecule has 1 saturated heterocycles. The maximum absolute atomic E-state index is 12.8. The van der Waals surface area contributed by atoms with Crippen LogP contribution in [-0.2, 0) is 14.3 Å². The molecule has 23 heavy (non-hydrogen) atoms. The van der Waals surface area contributed by atoms with Gasteiger partial charge < -0.3 is 4.74 Å². The Kier molecular flexibility index (Phi) is 4.44. The second-order valence-electron chi connectivity index (χ2n) is 8.89. The van der Waals surface area contributed by atoms with E-state index in [9.17, 15) is 9.59 Å². The zero-order valence-corrected chi connectivity index (χ0v) is 15.1. The molecule has 0 spiro atoms. The van der Waals surface area contributed by atoms with Crippen molar-refractivity contribution in [2.75, 3.05) is 0 Å². The van der Waals surface area contributed by atoms with Gasteiger partial charge in [0, 0.05) is 5.92 Å². The first-order valence-electron chi connectivity index (χ1n) is 8.27. The number of rotatable bonds is 3. The van der Waals surface area contributed by atoms with Crippen LogP contribution in [0.1, 0.15) is 65.9 Å². The Morgan fingerprint density at radius 1 is 1.04 bits per heavy atom. The molecule has 126 valence electrons. The second kappa shape index (κ2) is 5.77. The van der Waals surface area contributed by atoms with Crippen molar-refractivity contribution in [3.63, 3.8) is 0 Å². The molecule has 0 N–H and O–H groups in total. The number of cyclic esters (lactones) is 2. The van der Waals surface area contributed by atoms with E-state index in [0.29, 0.717) is 0 Å². The van der Waals surface area contributed by atoms with Crippen LogP contribution in [0.3, 0.4) is 0 Å². The van der Waals surface area contributed by atoms with Gasteiger partial charge in [-0.15, -0.1) is 0 Å². The first-order chi connectivity index (χ1) is 10.5. The Labute approximate surface area is 139 Å². The van der Waals surface area contributed by atoms with Gasteiger partial charge in [-0.05, 0) is 22.8 Å². The van der Waals surface area contributed by atoms with E-state index >= 15 is 0 Å². The standard InChI is InChI=1S/C20H28O3/c1-18(2,3)12-15(14-10-8-7-9-11-14)20(19(4,5)6)13-16(21)23-17(20)22/h7-11,15H,12-13H2,1-6H3. The van der Waals surface area contributed by atoms with Crippen LogP contribution >= 0.6 is 0 Å². The molecule has 2 rings (SSSR count). The lowest BCUT2D eigenvalue weighted by atomic mass is 9.54. The normalized spacial score (nSPS) is 23.7. The average molecular weight is 316 g/mol. The SMILES string of the molecule is CC(C)(C)CC(c1ccccc1)C1(C(C)(C)C)CC(=O)OC1=O. The summed E-state index contributed by atoms with van der Waals surface area (Å²) in [5, 5.41) is 0. The molecule has 0 aromatic heterocycles. The van der Waals surface area contributed by atoms with Crippen LogP contribution in [0.4, 0.5) is 0 Å². The first kappa shape index (κ1) is 17.7. The Hall–Kier alpha value is -1.64. The topological polar surface area (TPSA) is 43.4 Å². The summed E-state index contributed by atoms with van der Waals surface area (Å²) in [5.41, 5.74) is -0.0604. The van der Waals surface area contributed by atoms with Gasteiger partial charge in [0.05, 0.1) is 11.8 Å². The van der Waals surface area contributed by atoms with Crippen LogP contribution in [0.25, 0.3) is 0 Å². The highest BCUT2D eigenvalue weighted by Crippen LogP contribution is 2.58. The lowest BCUT2D eigenvalue weighted by Gasteiger charge is -2.45. The lowest BCUT2D eigenvalue weighted by molar-refractivity contribution is -0.159. The zero-order chi connectivity index (χ0) is 17.5. The van der Waals surface area contributed by atoms with Gasteiger partial charge in [-0.2, -0.15) is 0 Å². The molecule has 1 heterocycles. The predicted molar refractivity (Wildman–Crippen MR) is 90.9 cm³/mol. The van der Waals surface area contributed by atoms with Crippen molar-refractivity contribution >= 4 is 11.9 Å². The Morgan fingerprint density at radius 3 is 2.00 bits per heavy atom. The predicted octanol–water partition coefficient (Wildman–Crippen LogP) is 4.71. The van der Waals surface area contributed by atoms with Crippen LogP contribution in [0.15, 0.2) is 30.3 Å². The van der Waals surface area contributed by atoms with Gasteiger partial charge in [0.1, 0.15) is 0 Å². The Morgan fingerprint density at radius 2 is 1.61 bits per heavy atom. The highest BCUT2D eigenvalue weighted by molar-refractivity contribution is 5.98. The molecule has 1 fully saturated rings. The molecule has 2 unspecified atom stereocenters. The Bertz CT molecular complexity index is 590. The number of hydrogen-bond donors (Lipinski definition) is 0. The fourth-order valence-corrected chi connectivity index (χ4v) is 3.76. The fraction of sp³-hybridized carbons (Fsp3) is 0.600. The van der Waals surface area contributed by atoms with Crippen LogP contribution in [-0.4, -0.2) is 11.9 Å². The number of ether oxygens (including phenoxy) is 1. The molecule has 1 aliphatic rings. The molecule has 0 bridgehead atoms. The van der Waals surface area contributed by atoms with Gasteiger partial charge in [-0.1, -0.05) is 71.9 Å². The van der Waals surface area contributed by atoms with E-state index in [1.165, 1.54) is 0 Å². The van der Waals surface area contributed by atoms with E-state index in [-0.39, 0.29) is 29.1 Å². The number of carbonyl (C=O) groups is 2. The van der Waals surface area contributed by atoms with E-state index in [2.05, 4.69) is 32.9 Å². The summed E-state index contributed by atoms with van der Waals surface area (Å²) in [5.74, 6) is -0.824. The van der Waals surface area contributed by atoms with Gasteiger partial charge in [0.25, 0.3) is 0 Å². The minimum atomic E-state index is -0.821. The summed E-state index contributed by atoms with van der Waals surface area (Å²) in [7, 11) is 0. The van der Waals surface area contributed by atoms with Gasteiger partial charge >= 0.3 is 11.9 Å². The monoisotopic (exact) mass is 316 g/mol. The van der Waals surface area contributed by atoms with Crippen LogP contribution in [0.2, 0.25) is 0 Å². The Balaban J connectivity index is 2.63. The maximum atomic E-state index is 12.8. The van der Waals surface area contributed by atoms with Crippen molar-refractivity contribution in [1.82, 2.24) is 0 Å². The highest BCUT2D eigenvalue weighted by atomic mass is 16.6. The van der Waals surface area contributed by atoms with Crippen molar-refractivity contribution in [3.05, 3.63) is 35.9 Å². The molecule has 1 aliphatic heterocycles. The minimum Gasteiger partial charge on any atom is -0.393 e. The van der Waals surface area contributed by atoms with Crippen LogP contribution in [0.5, 0.6) is 0 Å². The average Bonchev–Trinajstić information content (AvgIpc) is 2.71. The highest BCUT2D eigenvalue weighted by Gasteiger charge is 2.61. The van der Waals surface area contributed by atoms with Crippen molar-refractivity contribution in [2.24, 2.45) is 16.2 Å². The molecular formula is C20H28O3. The molecule has 3 nitrogen and oxygen atoms in total. The second-order valence-corrected chi connectivity index (χ2v) is 8.89. The van der Waals surface area contributed by atoms with E-state index < -0.39 is 11.4 Å². The number of hydrogen-bond acceptors (Lipinski definition) is 3. The van der Waals surface area contributed by atoms with Crippen molar-refractivity contribution in [2.45, 2.75) is 60.3 Å².